The van der Waals surface area contributed by atoms with E-state index in [1.807, 2.05) is 30.3 Å². The van der Waals surface area contributed by atoms with Gasteiger partial charge < -0.3 is 20.1 Å². The van der Waals surface area contributed by atoms with Gasteiger partial charge in [0.2, 0.25) is 5.91 Å². The average Bonchev–Trinajstić information content (AvgIpc) is 2.83. The van der Waals surface area contributed by atoms with Crippen molar-refractivity contribution in [3.8, 4) is 11.5 Å². The molecule has 0 bridgehead atoms. The van der Waals surface area contributed by atoms with E-state index in [1.54, 1.807) is 54.5 Å². The lowest BCUT2D eigenvalue weighted by Crippen LogP contribution is -2.40. The monoisotopic (exact) mass is 468 g/mol. The molecule has 0 saturated carbocycles. The molecule has 1 amide bonds. The van der Waals surface area contributed by atoms with Gasteiger partial charge in [-0.1, -0.05) is 42.5 Å². The van der Waals surface area contributed by atoms with Crippen LogP contribution in [0.2, 0.25) is 0 Å². The fourth-order valence-electron chi connectivity index (χ4n) is 3.47. The highest BCUT2D eigenvalue weighted by atomic mass is 32.2. The fourth-order valence-corrected chi connectivity index (χ4v) is 4.10. The third-order valence-corrected chi connectivity index (χ3v) is 6.47. The Hall–Kier alpha value is -3.36. The van der Waals surface area contributed by atoms with Crippen molar-refractivity contribution >= 4 is 21.4 Å². The number of hydrogen-bond acceptors (Lipinski definition) is 6. The zero-order valence-electron chi connectivity index (χ0n) is 18.9. The van der Waals surface area contributed by atoms with Crippen LogP contribution in [0.15, 0.2) is 77.7 Å². The van der Waals surface area contributed by atoms with E-state index in [0.29, 0.717) is 35.7 Å². The molecule has 33 heavy (non-hydrogen) atoms. The van der Waals surface area contributed by atoms with E-state index in [-0.39, 0.29) is 10.8 Å². The number of hydrogen-bond donors (Lipinski definition) is 1. The van der Waals surface area contributed by atoms with Crippen LogP contribution in [-0.4, -0.2) is 41.3 Å². The average molecular weight is 469 g/mol. The highest BCUT2D eigenvalue weighted by molar-refractivity contribution is 7.90. The van der Waals surface area contributed by atoms with Crippen molar-refractivity contribution in [2.24, 2.45) is 5.73 Å². The molecular formula is C25H28N2O5S. The summed E-state index contributed by atoms with van der Waals surface area (Å²) in [7, 11) is -0.188. The number of benzene rings is 3. The molecule has 0 spiro atoms. The van der Waals surface area contributed by atoms with Crippen LogP contribution < -0.4 is 20.1 Å². The van der Waals surface area contributed by atoms with Crippen molar-refractivity contribution in [1.29, 1.82) is 0 Å². The smallest absolute Gasteiger partial charge is 0.248 e. The Morgan fingerprint density at radius 2 is 1.58 bits per heavy atom. The van der Waals surface area contributed by atoms with Crippen molar-refractivity contribution in [2.75, 3.05) is 31.9 Å². The van der Waals surface area contributed by atoms with Gasteiger partial charge in [-0.05, 0) is 41.8 Å². The van der Waals surface area contributed by atoms with Crippen LogP contribution >= 0.6 is 0 Å². The summed E-state index contributed by atoms with van der Waals surface area (Å²) in [6.45, 7) is 0.340. The van der Waals surface area contributed by atoms with Gasteiger partial charge in [-0.2, -0.15) is 0 Å². The topological polar surface area (TPSA) is 98.9 Å². The Labute approximate surface area is 194 Å². The zero-order valence-corrected chi connectivity index (χ0v) is 19.7. The molecule has 174 valence electrons. The normalized spacial score (nSPS) is 12.1. The summed E-state index contributed by atoms with van der Waals surface area (Å²) >= 11 is 0. The first kappa shape index (κ1) is 24.3. The van der Waals surface area contributed by atoms with Crippen molar-refractivity contribution < 1.29 is 22.7 Å². The molecule has 1 unspecified atom stereocenters. The molecule has 0 heterocycles. The summed E-state index contributed by atoms with van der Waals surface area (Å²) in [6.07, 6.45) is 1.68. The first-order valence-electron chi connectivity index (χ1n) is 10.4. The first-order valence-corrected chi connectivity index (χ1v) is 12.3. The highest BCUT2D eigenvalue weighted by Crippen LogP contribution is 2.32. The fraction of sp³-hybridized carbons (Fsp3) is 0.240. The number of rotatable bonds is 9. The van der Waals surface area contributed by atoms with Crippen LogP contribution in [0.4, 0.5) is 5.69 Å². The Morgan fingerprint density at radius 1 is 0.939 bits per heavy atom. The summed E-state index contributed by atoms with van der Waals surface area (Å²) in [6, 6.07) is 20.3. The largest absolute Gasteiger partial charge is 0.493 e. The van der Waals surface area contributed by atoms with E-state index in [4.69, 9.17) is 15.2 Å². The van der Waals surface area contributed by atoms with Gasteiger partial charge in [0, 0.05) is 24.6 Å². The highest BCUT2D eigenvalue weighted by Gasteiger charge is 2.24. The Balaban J connectivity index is 1.90. The molecule has 3 rings (SSSR count). The van der Waals surface area contributed by atoms with Gasteiger partial charge in [0.25, 0.3) is 0 Å². The summed E-state index contributed by atoms with van der Waals surface area (Å²) in [5.74, 6) is 0.789. The Morgan fingerprint density at radius 3 is 2.15 bits per heavy atom. The minimum atomic E-state index is -3.27. The third-order valence-electron chi connectivity index (χ3n) is 5.35. The van der Waals surface area contributed by atoms with E-state index >= 15 is 0 Å². The van der Waals surface area contributed by atoms with Crippen molar-refractivity contribution in [1.82, 2.24) is 0 Å². The van der Waals surface area contributed by atoms with Gasteiger partial charge in [-0.25, -0.2) is 8.42 Å². The summed E-state index contributed by atoms with van der Waals surface area (Å²) in [5.41, 5.74) is 8.56. The minimum Gasteiger partial charge on any atom is -0.493 e. The second kappa shape index (κ2) is 10.5. The summed E-state index contributed by atoms with van der Waals surface area (Å²) in [4.78, 5) is 15.3. The third kappa shape index (κ3) is 5.91. The molecule has 7 nitrogen and oxygen atoms in total. The van der Waals surface area contributed by atoms with Crippen LogP contribution in [0.1, 0.15) is 17.2 Å². The molecule has 0 aliphatic rings. The maximum Gasteiger partial charge on any atom is 0.248 e. The van der Waals surface area contributed by atoms with Crippen molar-refractivity contribution in [2.45, 2.75) is 17.4 Å². The van der Waals surface area contributed by atoms with Gasteiger partial charge in [0.1, 0.15) is 6.04 Å². The SMILES string of the molecule is COc1ccc(N(CCc2ccc(S(C)(=O)=O)cc2)C(=O)C(N)c2ccccc2)cc1OC. The molecule has 1 atom stereocenters. The molecule has 0 radical (unpaired) electrons. The maximum absolute atomic E-state index is 13.5. The lowest BCUT2D eigenvalue weighted by Gasteiger charge is -2.27. The lowest BCUT2D eigenvalue weighted by atomic mass is 10.1. The molecule has 0 aliphatic carbocycles. The summed E-state index contributed by atoms with van der Waals surface area (Å²) in [5, 5.41) is 0. The van der Waals surface area contributed by atoms with Gasteiger partial charge in [0.15, 0.2) is 21.3 Å². The predicted molar refractivity (Wildman–Crippen MR) is 129 cm³/mol. The lowest BCUT2D eigenvalue weighted by molar-refractivity contribution is -0.120. The van der Waals surface area contributed by atoms with Gasteiger partial charge in [-0.3, -0.25) is 4.79 Å². The molecule has 2 N–H and O–H groups in total. The van der Waals surface area contributed by atoms with E-state index in [2.05, 4.69) is 0 Å². The Kier molecular flexibility index (Phi) is 7.73. The number of nitrogens with zero attached hydrogens (tertiary/aromatic N) is 1. The summed E-state index contributed by atoms with van der Waals surface area (Å²) < 4.78 is 34.2. The number of anilines is 1. The van der Waals surface area contributed by atoms with Gasteiger partial charge in [0.05, 0.1) is 19.1 Å². The number of sulfone groups is 1. The second-order valence-electron chi connectivity index (χ2n) is 7.58. The van der Waals surface area contributed by atoms with Crippen LogP contribution in [-0.2, 0) is 21.1 Å². The van der Waals surface area contributed by atoms with E-state index in [9.17, 15) is 13.2 Å². The minimum absolute atomic E-state index is 0.255. The van der Waals surface area contributed by atoms with Crippen LogP contribution in [0, 0.1) is 0 Å². The number of methoxy groups -OCH3 is 2. The first-order chi connectivity index (χ1) is 15.7. The number of nitrogens with two attached hydrogens (primary N) is 1. The Bertz CT molecular complexity index is 1200. The quantitative estimate of drug-likeness (QED) is 0.517. The maximum atomic E-state index is 13.5. The molecule has 0 aliphatic heterocycles. The number of carbonyl (C=O) groups is 1. The second-order valence-corrected chi connectivity index (χ2v) is 9.60. The number of carbonyl (C=O) groups excluding carboxylic acids is 1. The molecule has 3 aromatic carbocycles. The van der Waals surface area contributed by atoms with Crippen LogP contribution in [0.5, 0.6) is 11.5 Å². The molecule has 3 aromatic rings. The van der Waals surface area contributed by atoms with E-state index in [1.165, 1.54) is 13.4 Å². The van der Waals surface area contributed by atoms with E-state index in [0.717, 1.165) is 5.56 Å². The van der Waals surface area contributed by atoms with Gasteiger partial charge >= 0.3 is 0 Å². The molecule has 0 fully saturated rings. The van der Waals surface area contributed by atoms with Gasteiger partial charge in [-0.15, -0.1) is 0 Å². The predicted octanol–water partition coefficient (Wildman–Crippen LogP) is 3.38. The number of amides is 1. The van der Waals surface area contributed by atoms with E-state index < -0.39 is 15.9 Å². The standard InChI is InChI=1S/C25H28N2O5S/c1-31-22-14-11-20(17-23(22)32-2)27(25(28)24(26)19-7-5-4-6-8-19)16-15-18-9-12-21(13-10-18)33(3,29)30/h4-14,17,24H,15-16,26H2,1-3H3. The molecule has 8 heteroatoms. The molecular weight excluding hydrogens is 440 g/mol. The van der Waals surface area contributed by atoms with Crippen molar-refractivity contribution in [3.05, 3.63) is 83.9 Å². The van der Waals surface area contributed by atoms with Crippen LogP contribution in [0.25, 0.3) is 0 Å². The molecule has 0 saturated heterocycles. The van der Waals surface area contributed by atoms with Crippen LogP contribution in [0.3, 0.4) is 0 Å². The zero-order chi connectivity index (χ0) is 24.0. The number of ether oxygens (including phenoxy) is 2. The van der Waals surface area contributed by atoms with Crippen molar-refractivity contribution in [3.63, 3.8) is 0 Å². The molecule has 0 aromatic heterocycles.